The van der Waals surface area contributed by atoms with Gasteiger partial charge in [-0.05, 0) is 18.9 Å². The molecule has 0 aromatic carbocycles. The molecule has 0 spiro atoms. The van der Waals surface area contributed by atoms with Crippen molar-refractivity contribution in [1.29, 1.82) is 0 Å². The Labute approximate surface area is 135 Å². The molecule has 0 saturated carbocycles. The first-order chi connectivity index (χ1) is 11.2. The van der Waals surface area contributed by atoms with Crippen molar-refractivity contribution < 1.29 is 9.53 Å². The van der Waals surface area contributed by atoms with Crippen molar-refractivity contribution in [3.63, 3.8) is 0 Å². The zero-order valence-electron chi connectivity index (χ0n) is 13.6. The van der Waals surface area contributed by atoms with Crippen LogP contribution in [0.5, 0.6) is 0 Å². The Kier molecular flexibility index (Phi) is 4.76. The number of hydrogen-bond donors (Lipinski definition) is 2. The average molecular weight is 317 g/mol. The monoisotopic (exact) mass is 317 g/mol. The average Bonchev–Trinajstić information content (AvgIpc) is 3.27. The summed E-state index contributed by atoms with van der Waals surface area (Å²) < 4.78 is 5.82. The highest BCUT2D eigenvalue weighted by molar-refractivity contribution is 5.95. The third-order valence-corrected chi connectivity index (χ3v) is 4.36. The fourth-order valence-corrected chi connectivity index (χ4v) is 3.15. The number of nitrogens with zero attached hydrogens (tertiary/aromatic N) is 3. The maximum absolute atomic E-state index is 12.7. The molecule has 1 saturated heterocycles. The van der Waals surface area contributed by atoms with E-state index in [4.69, 9.17) is 4.74 Å². The minimum absolute atomic E-state index is 0.0292. The lowest BCUT2D eigenvalue weighted by Crippen LogP contribution is -2.36. The Hall–Kier alpha value is -2.15. The van der Waals surface area contributed by atoms with Crippen LogP contribution in [0.4, 0.5) is 0 Å². The molecule has 3 rings (SSSR count). The van der Waals surface area contributed by atoms with E-state index in [-0.39, 0.29) is 17.9 Å². The SMILES string of the molecule is CCCc1[nH]ccc1C(=O)N(C)C[C@H]1OCC[C@H]1c1ncn[nH]1. The van der Waals surface area contributed by atoms with Crippen LogP contribution in [0.15, 0.2) is 18.6 Å². The number of aromatic amines is 2. The van der Waals surface area contributed by atoms with Gasteiger partial charge >= 0.3 is 0 Å². The summed E-state index contributed by atoms with van der Waals surface area (Å²) in [5.41, 5.74) is 1.76. The lowest BCUT2D eigenvalue weighted by molar-refractivity contribution is 0.0549. The molecule has 1 aliphatic rings. The minimum Gasteiger partial charge on any atom is -0.376 e. The van der Waals surface area contributed by atoms with E-state index in [9.17, 15) is 4.79 Å². The molecule has 0 bridgehead atoms. The van der Waals surface area contributed by atoms with E-state index < -0.39 is 0 Å². The molecule has 2 N–H and O–H groups in total. The van der Waals surface area contributed by atoms with Crippen molar-refractivity contribution in [2.24, 2.45) is 0 Å². The molecule has 7 nitrogen and oxygen atoms in total. The fourth-order valence-electron chi connectivity index (χ4n) is 3.15. The Morgan fingerprint density at radius 3 is 3.13 bits per heavy atom. The highest BCUT2D eigenvalue weighted by Gasteiger charge is 2.33. The number of nitrogens with one attached hydrogen (secondary N) is 2. The van der Waals surface area contributed by atoms with Gasteiger partial charge in [0.2, 0.25) is 0 Å². The third kappa shape index (κ3) is 3.29. The summed E-state index contributed by atoms with van der Waals surface area (Å²) in [4.78, 5) is 21.8. The topological polar surface area (TPSA) is 86.9 Å². The number of amides is 1. The number of carbonyl (C=O) groups excluding carboxylic acids is 1. The Bertz CT molecular complexity index is 637. The van der Waals surface area contributed by atoms with Crippen LogP contribution in [0, 0.1) is 0 Å². The molecule has 23 heavy (non-hydrogen) atoms. The molecule has 0 unspecified atom stereocenters. The molecular weight excluding hydrogens is 294 g/mol. The van der Waals surface area contributed by atoms with Gasteiger partial charge in [-0.15, -0.1) is 0 Å². The molecular formula is C16H23N5O2. The largest absolute Gasteiger partial charge is 0.376 e. The van der Waals surface area contributed by atoms with Crippen molar-refractivity contribution in [3.05, 3.63) is 35.7 Å². The van der Waals surface area contributed by atoms with E-state index in [1.165, 1.54) is 6.33 Å². The summed E-state index contributed by atoms with van der Waals surface area (Å²) in [5, 5.41) is 6.83. The van der Waals surface area contributed by atoms with Gasteiger partial charge in [0.15, 0.2) is 0 Å². The molecule has 2 atom stereocenters. The van der Waals surface area contributed by atoms with E-state index in [0.717, 1.165) is 36.3 Å². The fraction of sp³-hybridized carbons (Fsp3) is 0.562. The van der Waals surface area contributed by atoms with Gasteiger partial charge in [-0.3, -0.25) is 9.89 Å². The smallest absolute Gasteiger partial charge is 0.255 e. The summed E-state index contributed by atoms with van der Waals surface area (Å²) in [6, 6.07) is 1.85. The highest BCUT2D eigenvalue weighted by atomic mass is 16.5. The van der Waals surface area contributed by atoms with Gasteiger partial charge in [0, 0.05) is 38.0 Å². The van der Waals surface area contributed by atoms with E-state index in [2.05, 4.69) is 27.1 Å². The number of H-pyrrole nitrogens is 2. The Balaban J connectivity index is 1.67. The van der Waals surface area contributed by atoms with Gasteiger partial charge in [-0.2, -0.15) is 5.10 Å². The molecule has 2 aromatic heterocycles. The molecule has 0 aliphatic carbocycles. The second-order valence-electron chi connectivity index (χ2n) is 5.98. The lowest BCUT2D eigenvalue weighted by atomic mass is 10.00. The Morgan fingerprint density at radius 1 is 1.52 bits per heavy atom. The maximum atomic E-state index is 12.7. The predicted octanol–water partition coefficient (Wildman–Crippen LogP) is 1.73. The van der Waals surface area contributed by atoms with Gasteiger partial charge < -0.3 is 14.6 Å². The second-order valence-corrected chi connectivity index (χ2v) is 5.98. The summed E-state index contributed by atoms with van der Waals surface area (Å²) in [6.45, 7) is 3.33. The standard InChI is InChI=1S/C16H23N5O2/c1-3-4-13-11(5-7-17-13)16(22)21(2)9-14-12(6-8-23-14)15-18-10-19-20-15/h5,7,10,12,14,17H,3-4,6,8-9H2,1-2H3,(H,18,19,20)/t12-,14-/m1/s1. The van der Waals surface area contributed by atoms with Crippen LogP contribution in [0.2, 0.25) is 0 Å². The van der Waals surface area contributed by atoms with E-state index >= 15 is 0 Å². The van der Waals surface area contributed by atoms with Crippen LogP contribution in [-0.4, -0.2) is 57.3 Å². The maximum Gasteiger partial charge on any atom is 0.255 e. The quantitative estimate of drug-likeness (QED) is 0.849. The number of hydrogen-bond acceptors (Lipinski definition) is 4. The van der Waals surface area contributed by atoms with Crippen LogP contribution in [0.1, 0.15) is 47.6 Å². The van der Waals surface area contributed by atoms with E-state index in [1.807, 2.05) is 19.3 Å². The molecule has 0 radical (unpaired) electrons. The third-order valence-electron chi connectivity index (χ3n) is 4.36. The van der Waals surface area contributed by atoms with Crippen molar-refractivity contribution >= 4 is 5.91 Å². The molecule has 124 valence electrons. The van der Waals surface area contributed by atoms with Crippen LogP contribution in [0.25, 0.3) is 0 Å². The number of aromatic nitrogens is 4. The minimum atomic E-state index is -0.0505. The molecule has 3 heterocycles. The molecule has 7 heteroatoms. The zero-order chi connectivity index (χ0) is 16.2. The first-order valence-electron chi connectivity index (χ1n) is 8.09. The number of ether oxygens (including phenoxy) is 1. The molecule has 2 aromatic rings. The van der Waals surface area contributed by atoms with Crippen molar-refractivity contribution in [2.45, 2.75) is 38.2 Å². The summed E-state index contributed by atoms with van der Waals surface area (Å²) in [5.74, 6) is 1.03. The van der Waals surface area contributed by atoms with Gasteiger partial charge in [-0.25, -0.2) is 4.98 Å². The van der Waals surface area contributed by atoms with Crippen molar-refractivity contribution in [3.8, 4) is 0 Å². The number of aryl methyl sites for hydroxylation is 1. The molecule has 1 aliphatic heterocycles. The normalized spacial score (nSPS) is 20.8. The van der Waals surface area contributed by atoms with Crippen molar-refractivity contribution in [2.75, 3.05) is 20.2 Å². The number of carbonyl (C=O) groups is 1. The number of likely N-dealkylation sites (N-methyl/N-ethyl adjacent to an activating group) is 1. The van der Waals surface area contributed by atoms with Gasteiger partial charge in [0.25, 0.3) is 5.91 Å². The summed E-state index contributed by atoms with van der Waals surface area (Å²) >= 11 is 0. The predicted molar refractivity (Wildman–Crippen MR) is 85.2 cm³/mol. The van der Waals surface area contributed by atoms with Crippen LogP contribution >= 0.6 is 0 Å². The highest BCUT2D eigenvalue weighted by Crippen LogP contribution is 2.29. The summed E-state index contributed by atoms with van der Waals surface area (Å²) in [6.07, 6.45) is 6.07. The van der Waals surface area contributed by atoms with Gasteiger partial charge in [0.05, 0.1) is 11.7 Å². The second kappa shape index (κ2) is 6.95. The van der Waals surface area contributed by atoms with Gasteiger partial charge in [-0.1, -0.05) is 13.3 Å². The number of rotatable bonds is 6. The summed E-state index contributed by atoms with van der Waals surface area (Å²) in [7, 11) is 1.82. The van der Waals surface area contributed by atoms with Crippen LogP contribution in [-0.2, 0) is 11.2 Å². The van der Waals surface area contributed by atoms with Crippen LogP contribution in [0.3, 0.4) is 0 Å². The van der Waals surface area contributed by atoms with Crippen LogP contribution < -0.4 is 0 Å². The van der Waals surface area contributed by atoms with Gasteiger partial charge in [0.1, 0.15) is 12.2 Å². The first-order valence-corrected chi connectivity index (χ1v) is 8.09. The van der Waals surface area contributed by atoms with E-state index in [1.54, 1.807) is 4.90 Å². The zero-order valence-corrected chi connectivity index (χ0v) is 13.6. The van der Waals surface area contributed by atoms with Crippen molar-refractivity contribution in [1.82, 2.24) is 25.1 Å². The molecule has 1 fully saturated rings. The van der Waals surface area contributed by atoms with E-state index in [0.29, 0.717) is 13.2 Å². The lowest BCUT2D eigenvalue weighted by Gasteiger charge is -2.24. The first kappa shape index (κ1) is 15.7. The molecule has 1 amide bonds. The Morgan fingerprint density at radius 2 is 2.39 bits per heavy atom.